The van der Waals surface area contributed by atoms with Crippen molar-refractivity contribution in [3.05, 3.63) is 0 Å². The highest BCUT2D eigenvalue weighted by molar-refractivity contribution is 4.75. The molecule has 1 aliphatic rings. The molecule has 0 aromatic heterocycles. The standard InChI is InChI=1S/C9H20N2O/c1-8(12)7-10-9-3-5-11(2)6-4-9/h8-10,12H,3-7H2,1-2H3/t8-/m0/s1. The third-order valence-corrected chi connectivity index (χ3v) is 2.42. The fourth-order valence-electron chi connectivity index (χ4n) is 1.55. The average molecular weight is 172 g/mol. The van der Waals surface area contributed by atoms with Crippen molar-refractivity contribution in [3.63, 3.8) is 0 Å². The van der Waals surface area contributed by atoms with Gasteiger partial charge >= 0.3 is 0 Å². The van der Waals surface area contributed by atoms with Gasteiger partial charge in [-0.3, -0.25) is 0 Å². The molecule has 1 aliphatic heterocycles. The summed E-state index contributed by atoms with van der Waals surface area (Å²) in [5.41, 5.74) is 0. The monoisotopic (exact) mass is 172 g/mol. The Hall–Kier alpha value is -0.120. The van der Waals surface area contributed by atoms with E-state index in [1.165, 1.54) is 25.9 Å². The zero-order chi connectivity index (χ0) is 8.97. The first kappa shape index (κ1) is 9.96. The summed E-state index contributed by atoms with van der Waals surface area (Å²) in [6.07, 6.45) is 2.21. The first-order valence-electron chi connectivity index (χ1n) is 4.78. The van der Waals surface area contributed by atoms with Gasteiger partial charge < -0.3 is 15.3 Å². The van der Waals surface area contributed by atoms with Crippen LogP contribution in [0.5, 0.6) is 0 Å². The lowest BCUT2D eigenvalue weighted by atomic mass is 10.1. The number of hydrogen-bond donors (Lipinski definition) is 2. The highest BCUT2D eigenvalue weighted by Crippen LogP contribution is 2.07. The molecule has 0 aromatic carbocycles. The summed E-state index contributed by atoms with van der Waals surface area (Å²) in [5, 5.41) is 12.4. The third kappa shape index (κ3) is 3.52. The molecule has 1 fully saturated rings. The summed E-state index contributed by atoms with van der Waals surface area (Å²) in [6.45, 7) is 4.91. The van der Waals surface area contributed by atoms with Crippen LogP contribution in [-0.2, 0) is 0 Å². The fourth-order valence-corrected chi connectivity index (χ4v) is 1.55. The minimum atomic E-state index is -0.218. The minimum absolute atomic E-state index is 0.218. The second kappa shape index (κ2) is 4.80. The number of likely N-dealkylation sites (tertiary alicyclic amines) is 1. The summed E-state index contributed by atoms with van der Waals surface area (Å²) in [5.74, 6) is 0. The molecule has 0 unspecified atom stereocenters. The molecule has 0 amide bonds. The summed E-state index contributed by atoms with van der Waals surface area (Å²) in [6, 6.07) is 0.621. The van der Waals surface area contributed by atoms with Gasteiger partial charge in [0.15, 0.2) is 0 Å². The number of piperidine rings is 1. The molecule has 1 atom stereocenters. The van der Waals surface area contributed by atoms with Crippen molar-refractivity contribution in [2.75, 3.05) is 26.7 Å². The predicted octanol–water partition coefficient (Wildman–Crippen LogP) is 0.0510. The Kier molecular flexibility index (Phi) is 3.98. The first-order chi connectivity index (χ1) is 5.68. The molecule has 1 rings (SSSR count). The average Bonchev–Trinajstić information content (AvgIpc) is 2.03. The van der Waals surface area contributed by atoms with Crippen LogP contribution in [0.4, 0.5) is 0 Å². The Morgan fingerprint density at radius 2 is 2.08 bits per heavy atom. The summed E-state index contributed by atoms with van der Waals surface area (Å²) in [7, 11) is 2.16. The van der Waals surface area contributed by atoms with E-state index in [1.54, 1.807) is 0 Å². The van der Waals surface area contributed by atoms with E-state index >= 15 is 0 Å². The molecule has 3 heteroatoms. The number of nitrogens with one attached hydrogen (secondary N) is 1. The smallest absolute Gasteiger partial charge is 0.0636 e. The third-order valence-electron chi connectivity index (χ3n) is 2.42. The fraction of sp³-hybridized carbons (Fsp3) is 1.00. The van der Waals surface area contributed by atoms with Crippen LogP contribution in [-0.4, -0.2) is 48.8 Å². The molecular weight excluding hydrogens is 152 g/mol. The van der Waals surface area contributed by atoms with Gasteiger partial charge in [-0.25, -0.2) is 0 Å². The maximum Gasteiger partial charge on any atom is 0.0636 e. The Balaban J connectivity index is 2.09. The predicted molar refractivity (Wildman–Crippen MR) is 50.2 cm³/mol. The van der Waals surface area contributed by atoms with Crippen molar-refractivity contribution in [1.82, 2.24) is 10.2 Å². The molecule has 1 saturated heterocycles. The Labute approximate surface area is 74.8 Å². The summed E-state index contributed by atoms with van der Waals surface area (Å²) >= 11 is 0. The molecule has 72 valence electrons. The Morgan fingerprint density at radius 3 is 2.58 bits per heavy atom. The van der Waals surface area contributed by atoms with Crippen molar-refractivity contribution in [3.8, 4) is 0 Å². The lowest BCUT2D eigenvalue weighted by molar-refractivity contribution is 0.171. The molecule has 0 saturated carbocycles. The zero-order valence-corrected chi connectivity index (χ0v) is 8.08. The van der Waals surface area contributed by atoms with Gasteiger partial charge in [-0.05, 0) is 39.9 Å². The van der Waals surface area contributed by atoms with Crippen molar-refractivity contribution in [1.29, 1.82) is 0 Å². The van der Waals surface area contributed by atoms with Gasteiger partial charge in [0.2, 0.25) is 0 Å². The van der Waals surface area contributed by atoms with Gasteiger partial charge in [0, 0.05) is 12.6 Å². The highest BCUT2D eigenvalue weighted by Gasteiger charge is 2.15. The number of aliphatic hydroxyl groups excluding tert-OH is 1. The van der Waals surface area contributed by atoms with Gasteiger partial charge in [0.25, 0.3) is 0 Å². The van der Waals surface area contributed by atoms with Crippen LogP contribution in [0.1, 0.15) is 19.8 Å². The molecule has 0 aliphatic carbocycles. The van der Waals surface area contributed by atoms with Gasteiger partial charge in [0.1, 0.15) is 0 Å². The second-order valence-electron chi connectivity index (χ2n) is 3.83. The lowest BCUT2D eigenvalue weighted by Crippen LogP contribution is -2.42. The van der Waals surface area contributed by atoms with Gasteiger partial charge in [-0.15, -0.1) is 0 Å². The highest BCUT2D eigenvalue weighted by atomic mass is 16.3. The number of aliphatic hydroxyl groups is 1. The summed E-state index contributed by atoms with van der Waals surface area (Å²) < 4.78 is 0. The largest absolute Gasteiger partial charge is 0.392 e. The molecule has 1 heterocycles. The van der Waals surface area contributed by atoms with E-state index in [4.69, 9.17) is 5.11 Å². The molecule has 3 nitrogen and oxygen atoms in total. The van der Waals surface area contributed by atoms with E-state index in [-0.39, 0.29) is 6.10 Å². The maximum absolute atomic E-state index is 9.06. The molecule has 0 aromatic rings. The van der Waals surface area contributed by atoms with E-state index in [2.05, 4.69) is 17.3 Å². The molecular formula is C9H20N2O. The van der Waals surface area contributed by atoms with E-state index in [0.717, 1.165) is 6.54 Å². The van der Waals surface area contributed by atoms with Crippen molar-refractivity contribution < 1.29 is 5.11 Å². The van der Waals surface area contributed by atoms with Crippen LogP contribution >= 0.6 is 0 Å². The number of rotatable bonds is 3. The van der Waals surface area contributed by atoms with Crippen molar-refractivity contribution in [2.24, 2.45) is 0 Å². The molecule has 0 spiro atoms. The summed E-state index contributed by atoms with van der Waals surface area (Å²) in [4.78, 5) is 2.35. The van der Waals surface area contributed by atoms with Gasteiger partial charge in [-0.1, -0.05) is 0 Å². The van der Waals surface area contributed by atoms with Crippen LogP contribution < -0.4 is 5.32 Å². The Bertz CT molecular complexity index is 120. The van der Waals surface area contributed by atoms with Crippen LogP contribution in [0.2, 0.25) is 0 Å². The topological polar surface area (TPSA) is 35.5 Å². The first-order valence-corrected chi connectivity index (χ1v) is 4.78. The van der Waals surface area contributed by atoms with E-state index < -0.39 is 0 Å². The molecule has 0 bridgehead atoms. The van der Waals surface area contributed by atoms with Gasteiger partial charge in [0.05, 0.1) is 6.10 Å². The van der Waals surface area contributed by atoms with E-state index in [9.17, 15) is 0 Å². The molecule has 12 heavy (non-hydrogen) atoms. The van der Waals surface area contributed by atoms with E-state index in [1.807, 2.05) is 6.92 Å². The van der Waals surface area contributed by atoms with Crippen LogP contribution in [0.25, 0.3) is 0 Å². The normalized spacial score (nSPS) is 24.2. The second-order valence-corrected chi connectivity index (χ2v) is 3.83. The lowest BCUT2D eigenvalue weighted by Gasteiger charge is -2.29. The van der Waals surface area contributed by atoms with E-state index in [0.29, 0.717) is 6.04 Å². The Morgan fingerprint density at radius 1 is 1.50 bits per heavy atom. The van der Waals surface area contributed by atoms with Crippen molar-refractivity contribution in [2.45, 2.75) is 31.9 Å². The van der Waals surface area contributed by atoms with Crippen molar-refractivity contribution >= 4 is 0 Å². The SMILES string of the molecule is C[C@H](O)CNC1CCN(C)CC1. The number of nitrogens with zero attached hydrogens (tertiary/aromatic N) is 1. The van der Waals surface area contributed by atoms with Crippen LogP contribution in [0.3, 0.4) is 0 Å². The van der Waals surface area contributed by atoms with Gasteiger partial charge in [-0.2, -0.15) is 0 Å². The number of hydrogen-bond acceptors (Lipinski definition) is 3. The quantitative estimate of drug-likeness (QED) is 0.631. The molecule has 0 radical (unpaired) electrons. The van der Waals surface area contributed by atoms with Crippen LogP contribution in [0.15, 0.2) is 0 Å². The zero-order valence-electron chi connectivity index (χ0n) is 8.08. The maximum atomic E-state index is 9.06. The minimum Gasteiger partial charge on any atom is -0.392 e. The molecule has 2 N–H and O–H groups in total. The van der Waals surface area contributed by atoms with Crippen LogP contribution in [0, 0.1) is 0 Å².